The van der Waals surface area contributed by atoms with Crippen LogP contribution in [0.25, 0.3) is 11.3 Å². The Morgan fingerprint density at radius 3 is 2.45 bits per heavy atom. The first-order valence-corrected chi connectivity index (χ1v) is 13.3. The third-order valence-corrected chi connectivity index (χ3v) is 9.29. The molecule has 0 radical (unpaired) electrons. The molecule has 6 heteroatoms. The second-order valence-electron chi connectivity index (χ2n) is 11.5. The number of hydrogen-bond acceptors (Lipinski definition) is 5. The van der Waals surface area contributed by atoms with Gasteiger partial charge in [0.25, 0.3) is 0 Å². The van der Waals surface area contributed by atoms with E-state index < -0.39 is 12.1 Å². The van der Waals surface area contributed by atoms with Crippen molar-refractivity contribution in [2.24, 2.45) is 0 Å². The number of carbonyl (C=O) groups is 1. The molecule has 3 heterocycles. The van der Waals surface area contributed by atoms with Gasteiger partial charge in [-0.1, -0.05) is 39.8 Å². The lowest BCUT2D eigenvalue weighted by Crippen LogP contribution is -2.50. The van der Waals surface area contributed by atoms with E-state index in [0.29, 0.717) is 18.9 Å². The number of nitrogens with one attached hydrogen (secondary N) is 1. The monoisotopic (exact) mass is 467 g/mol. The number of fused-ring (bicyclic) bond motifs is 1. The van der Waals surface area contributed by atoms with Crippen LogP contribution in [0.3, 0.4) is 0 Å². The van der Waals surface area contributed by atoms with Gasteiger partial charge in [0.1, 0.15) is 6.04 Å². The molecule has 0 saturated carbocycles. The molecule has 178 valence electrons. The van der Waals surface area contributed by atoms with Gasteiger partial charge in [0.2, 0.25) is 5.91 Å². The lowest BCUT2D eigenvalue weighted by atomic mass is 9.63. The minimum absolute atomic E-state index is 0.0536. The topological polar surface area (TPSA) is 65.5 Å². The quantitative estimate of drug-likeness (QED) is 0.693. The lowest BCUT2D eigenvalue weighted by molar-refractivity contribution is -0.136. The zero-order chi connectivity index (χ0) is 23.4. The van der Waals surface area contributed by atoms with Gasteiger partial charge >= 0.3 is 0 Å². The summed E-state index contributed by atoms with van der Waals surface area (Å²) in [6.45, 7) is 11.7. The molecule has 3 aliphatic rings. The van der Waals surface area contributed by atoms with Crippen LogP contribution in [0.15, 0.2) is 23.6 Å². The number of benzene rings is 1. The molecule has 2 unspecified atom stereocenters. The van der Waals surface area contributed by atoms with Crippen LogP contribution in [0.5, 0.6) is 0 Å². The number of carbonyl (C=O) groups excluding carboxylic acids is 1. The van der Waals surface area contributed by atoms with Gasteiger partial charge in [-0.05, 0) is 66.7 Å². The minimum atomic E-state index is -0.552. The third kappa shape index (κ3) is 4.26. The van der Waals surface area contributed by atoms with Crippen molar-refractivity contribution in [3.63, 3.8) is 0 Å². The molecule has 1 aliphatic carbocycles. The number of likely N-dealkylation sites (tertiary alicyclic amines) is 1. The van der Waals surface area contributed by atoms with Gasteiger partial charge in [-0.15, -0.1) is 11.3 Å². The molecule has 2 saturated heterocycles. The first kappa shape index (κ1) is 23.0. The Hall–Kier alpha value is -1.76. The molecular formula is C27H37N3O2S. The van der Waals surface area contributed by atoms with Crippen LogP contribution in [0.2, 0.25) is 0 Å². The Kier molecular flexibility index (Phi) is 5.91. The Morgan fingerprint density at radius 1 is 1.09 bits per heavy atom. The van der Waals surface area contributed by atoms with Crippen molar-refractivity contribution in [3.8, 4) is 11.3 Å². The summed E-state index contributed by atoms with van der Waals surface area (Å²) in [5.41, 5.74) is 5.68. The maximum atomic E-state index is 12.7. The summed E-state index contributed by atoms with van der Waals surface area (Å²) in [7, 11) is 0. The lowest BCUT2D eigenvalue weighted by Gasteiger charge is -2.42. The number of aromatic nitrogens is 1. The Morgan fingerprint density at radius 2 is 1.79 bits per heavy atom. The molecule has 1 amide bonds. The van der Waals surface area contributed by atoms with Crippen LogP contribution >= 0.6 is 11.3 Å². The van der Waals surface area contributed by atoms with Crippen LogP contribution in [0.4, 0.5) is 0 Å². The summed E-state index contributed by atoms with van der Waals surface area (Å²) < 4.78 is 0. The van der Waals surface area contributed by atoms with Gasteiger partial charge in [0.15, 0.2) is 0 Å². The van der Waals surface area contributed by atoms with Crippen molar-refractivity contribution in [2.45, 2.75) is 88.7 Å². The van der Waals surface area contributed by atoms with Crippen LogP contribution in [0.1, 0.15) is 81.9 Å². The maximum Gasteiger partial charge on any atom is 0.242 e. The van der Waals surface area contributed by atoms with Crippen LogP contribution in [-0.2, 0) is 15.6 Å². The van der Waals surface area contributed by atoms with Crippen molar-refractivity contribution >= 4 is 17.2 Å². The summed E-state index contributed by atoms with van der Waals surface area (Å²) >= 11 is 1.76. The highest BCUT2D eigenvalue weighted by Crippen LogP contribution is 2.47. The van der Waals surface area contributed by atoms with Gasteiger partial charge in [0, 0.05) is 30.0 Å². The third-order valence-electron chi connectivity index (χ3n) is 8.28. The molecule has 5 nitrogen and oxygen atoms in total. The first-order valence-electron chi connectivity index (χ1n) is 12.5. The number of piperidine rings is 1. The van der Waals surface area contributed by atoms with Crippen LogP contribution < -0.4 is 5.32 Å². The van der Waals surface area contributed by atoms with Crippen molar-refractivity contribution in [1.29, 1.82) is 0 Å². The van der Waals surface area contributed by atoms with E-state index in [4.69, 9.17) is 4.98 Å². The SMILES string of the molecule is CC1(C)CCC(C)(C)c2cc(-c3csc(C4CCN(C(=O)C5NCCC5O)CC4)n3)ccc21. The van der Waals surface area contributed by atoms with Gasteiger partial charge in [-0.3, -0.25) is 4.79 Å². The van der Waals surface area contributed by atoms with Crippen molar-refractivity contribution in [3.05, 3.63) is 39.7 Å². The second kappa shape index (κ2) is 8.47. The van der Waals surface area contributed by atoms with Gasteiger partial charge in [-0.25, -0.2) is 4.98 Å². The molecule has 2 N–H and O–H groups in total. The number of nitrogens with zero attached hydrogens (tertiary/aromatic N) is 2. The fourth-order valence-corrected chi connectivity index (χ4v) is 6.84. The number of aliphatic hydroxyl groups excluding tert-OH is 1. The van der Waals surface area contributed by atoms with E-state index in [0.717, 1.165) is 31.6 Å². The number of rotatable bonds is 3. The molecule has 0 spiro atoms. The van der Waals surface area contributed by atoms with E-state index in [1.807, 2.05) is 4.90 Å². The van der Waals surface area contributed by atoms with Crippen molar-refractivity contribution in [1.82, 2.24) is 15.2 Å². The molecule has 0 bridgehead atoms. The molecular weight excluding hydrogens is 430 g/mol. The summed E-state index contributed by atoms with van der Waals surface area (Å²) in [4.78, 5) is 19.7. The highest BCUT2D eigenvalue weighted by atomic mass is 32.1. The Bertz CT molecular complexity index is 1040. The van der Waals surface area contributed by atoms with Crippen LogP contribution in [-0.4, -0.2) is 52.7 Å². The number of amides is 1. The number of hydrogen-bond donors (Lipinski definition) is 2. The summed E-state index contributed by atoms with van der Waals surface area (Å²) in [5, 5.41) is 16.6. The Labute approximate surface area is 201 Å². The molecule has 2 fully saturated rings. The van der Waals surface area contributed by atoms with Crippen LogP contribution in [0, 0.1) is 0 Å². The largest absolute Gasteiger partial charge is 0.391 e. The average molecular weight is 468 g/mol. The zero-order valence-corrected chi connectivity index (χ0v) is 21.2. The van der Waals surface area contributed by atoms with E-state index >= 15 is 0 Å². The maximum absolute atomic E-state index is 12.7. The summed E-state index contributed by atoms with van der Waals surface area (Å²) in [6, 6.07) is 6.55. The minimum Gasteiger partial charge on any atom is -0.391 e. The first-order chi connectivity index (χ1) is 15.7. The summed E-state index contributed by atoms with van der Waals surface area (Å²) in [6.07, 6.45) is 4.42. The van der Waals surface area contributed by atoms with E-state index in [9.17, 15) is 9.90 Å². The molecule has 2 aliphatic heterocycles. The molecule has 2 aromatic rings. The highest BCUT2D eigenvalue weighted by Gasteiger charge is 2.38. The molecule has 1 aromatic heterocycles. The highest BCUT2D eigenvalue weighted by molar-refractivity contribution is 7.10. The van der Waals surface area contributed by atoms with Crippen molar-refractivity contribution in [2.75, 3.05) is 19.6 Å². The van der Waals surface area contributed by atoms with Gasteiger partial charge < -0.3 is 15.3 Å². The molecule has 2 atom stereocenters. The molecule has 5 rings (SSSR count). The predicted octanol–water partition coefficient (Wildman–Crippen LogP) is 4.59. The zero-order valence-electron chi connectivity index (χ0n) is 20.4. The van der Waals surface area contributed by atoms with E-state index in [-0.39, 0.29) is 16.7 Å². The average Bonchev–Trinajstić information content (AvgIpc) is 3.46. The fraction of sp³-hybridized carbons (Fsp3) is 0.630. The normalized spacial score (nSPS) is 26.9. The van der Waals surface area contributed by atoms with E-state index in [1.165, 1.54) is 34.5 Å². The number of thiazole rings is 1. The smallest absolute Gasteiger partial charge is 0.242 e. The number of aliphatic hydroxyl groups is 1. The molecule has 1 aromatic carbocycles. The van der Waals surface area contributed by atoms with Crippen molar-refractivity contribution < 1.29 is 9.90 Å². The van der Waals surface area contributed by atoms with E-state index in [1.54, 1.807) is 11.3 Å². The second-order valence-corrected chi connectivity index (χ2v) is 12.4. The fourth-order valence-electron chi connectivity index (χ4n) is 5.84. The molecule has 33 heavy (non-hydrogen) atoms. The predicted molar refractivity (Wildman–Crippen MR) is 134 cm³/mol. The van der Waals surface area contributed by atoms with Gasteiger partial charge in [0.05, 0.1) is 16.8 Å². The Balaban J connectivity index is 1.29. The summed E-state index contributed by atoms with van der Waals surface area (Å²) in [5.74, 6) is 0.458. The van der Waals surface area contributed by atoms with E-state index in [2.05, 4.69) is 56.6 Å². The van der Waals surface area contributed by atoms with Gasteiger partial charge in [-0.2, -0.15) is 0 Å². The standard InChI is InChI=1S/C27H37N3O2S/c1-26(2)10-11-27(3,4)20-15-18(5-6-19(20)26)21-16-33-24(29-21)17-8-13-30(14-9-17)25(32)23-22(31)7-12-28-23/h5-6,15-17,22-23,28,31H,7-14H2,1-4H3.